The number of epoxide rings is 2. The lowest BCUT2D eigenvalue weighted by Crippen LogP contribution is -2.26. The summed E-state index contributed by atoms with van der Waals surface area (Å²) in [6, 6.07) is 0. The van der Waals surface area contributed by atoms with Crippen molar-refractivity contribution in [3.8, 4) is 0 Å². The molecule has 0 radical (unpaired) electrons. The Morgan fingerprint density at radius 1 is 0.667 bits per heavy atom. The fourth-order valence-corrected chi connectivity index (χ4v) is 3.02. The van der Waals surface area contributed by atoms with Gasteiger partial charge in [0.2, 0.25) is 0 Å². The third-order valence-electron chi connectivity index (χ3n) is 4.94. The summed E-state index contributed by atoms with van der Waals surface area (Å²) in [5.74, 6) is 1.29. The monoisotopic (exact) mass is 344 g/mol. The highest BCUT2D eigenvalue weighted by atomic mass is 16.7. The first-order valence-electron chi connectivity index (χ1n) is 9.38. The molecule has 0 aromatic rings. The quantitative estimate of drug-likeness (QED) is 0.400. The average Bonchev–Trinajstić information content (AvgIpc) is 3.49. The van der Waals surface area contributed by atoms with Gasteiger partial charge in [0.05, 0.1) is 39.6 Å². The van der Waals surface area contributed by atoms with E-state index in [4.69, 9.17) is 28.4 Å². The van der Waals surface area contributed by atoms with E-state index in [1.807, 2.05) is 13.8 Å². The lowest BCUT2D eigenvalue weighted by atomic mass is 9.83. The second kappa shape index (κ2) is 9.46. The Morgan fingerprint density at radius 3 is 1.33 bits per heavy atom. The lowest BCUT2D eigenvalue weighted by Gasteiger charge is -2.29. The van der Waals surface area contributed by atoms with Crippen molar-refractivity contribution in [1.82, 2.24) is 0 Å². The molecule has 0 spiro atoms. The highest BCUT2D eigenvalue weighted by molar-refractivity contribution is 4.73. The number of ether oxygens (including phenoxy) is 6. The molecule has 1 aliphatic carbocycles. The molecule has 3 rings (SSSR count). The molecule has 0 amide bonds. The van der Waals surface area contributed by atoms with Crippen molar-refractivity contribution in [3.05, 3.63) is 0 Å². The predicted molar refractivity (Wildman–Crippen MR) is 87.7 cm³/mol. The normalized spacial score (nSPS) is 34.8. The minimum atomic E-state index is -0.135. The molecule has 2 saturated heterocycles. The van der Waals surface area contributed by atoms with Crippen LogP contribution in [0.15, 0.2) is 0 Å². The van der Waals surface area contributed by atoms with Crippen LogP contribution in [0.3, 0.4) is 0 Å². The fourth-order valence-electron chi connectivity index (χ4n) is 3.02. The molecular formula is C18H32O6. The van der Waals surface area contributed by atoms with Crippen molar-refractivity contribution in [1.29, 1.82) is 0 Å². The number of hydrogen-bond acceptors (Lipinski definition) is 6. The first kappa shape index (κ1) is 18.5. The van der Waals surface area contributed by atoms with Crippen LogP contribution >= 0.6 is 0 Å². The topological polar surface area (TPSA) is 62.0 Å². The zero-order chi connectivity index (χ0) is 16.8. The molecule has 1 saturated carbocycles. The summed E-state index contributed by atoms with van der Waals surface area (Å²) in [5, 5.41) is 0. The first-order valence-corrected chi connectivity index (χ1v) is 9.38. The van der Waals surface area contributed by atoms with Crippen LogP contribution in [0.5, 0.6) is 0 Å². The van der Waals surface area contributed by atoms with E-state index >= 15 is 0 Å². The Balaban J connectivity index is 1.18. The molecule has 0 aromatic heterocycles. The van der Waals surface area contributed by atoms with E-state index in [9.17, 15) is 0 Å². The smallest absolute Gasteiger partial charge is 0.154 e. The maximum absolute atomic E-state index is 5.81. The molecule has 0 bridgehead atoms. The van der Waals surface area contributed by atoms with Crippen LogP contribution < -0.4 is 0 Å². The van der Waals surface area contributed by atoms with Crippen LogP contribution in [0.2, 0.25) is 0 Å². The van der Waals surface area contributed by atoms with Gasteiger partial charge >= 0.3 is 0 Å². The van der Waals surface area contributed by atoms with Crippen LogP contribution in [0.4, 0.5) is 0 Å². The summed E-state index contributed by atoms with van der Waals surface area (Å²) in [6.45, 7) is 8.48. The van der Waals surface area contributed by atoms with Gasteiger partial charge in [-0.05, 0) is 51.4 Å². The lowest BCUT2D eigenvalue weighted by molar-refractivity contribution is -0.150. The Morgan fingerprint density at radius 2 is 1.00 bits per heavy atom. The largest absolute Gasteiger partial charge is 0.371 e. The van der Waals surface area contributed by atoms with Crippen molar-refractivity contribution in [3.63, 3.8) is 0 Å². The van der Waals surface area contributed by atoms with E-state index in [-0.39, 0.29) is 12.6 Å². The molecule has 4 atom stereocenters. The standard InChI is InChI=1S/C18H32O6/c1-13(21-9-17-11-23-17)19-7-15-3-5-16(6-4-15)8-20-14(2)22-10-18-12-24-18/h13-18H,3-12H2,1-2H3/t13?,14?,15?,16?,17-,18?/m0/s1. The summed E-state index contributed by atoms with van der Waals surface area (Å²) in [7, 11) is 0. The highest BCUT2D eigenvalue weighted by Gasteiger charge is 2.26. The van der Waals surface area contributed by atoms with Gasteiger partial charge in [0.25, 0.3) is 0 Å². The third kappa shape index (κ3) is 7.33. The second-order valence-corrected chi connectivity index (χ2v) is 7.27. The van der Waals surface area contributed by atoms with Crippen LogP contribution in [-0.2, 0) is 28.4 Å². The van der Waals surface area contributed by atoms with Gasteiger partial charge < -0.3 is 28.4 Å². The number of hydrogen-bond donors (Lipinski definition) is 0. The zero-order valence-electron chi connectivity index (χ0n) is 15.0. The van der Waals surface area contributed by atoms with Gasteiger partial charge in [-0.1, -0.05) is 0 Å². The summed E-state index contributed by atoms with van der Waals surface area (Å²) < 4.78 is 33.1. The second-order valence-electron chi connectivity index (χ2n) is 7.27. The zero-order valence-corrected chi connectivity index (χ0v) is 15.0. The van der Waals surface area contributed by atoms with Gasteiger partial charge in [-0.15, -0.1) is 0 Å². The number of rotatable bonds is 12. The Bertz CT molecular complexity index is 315. The van der Waals surface area contributed by atoms with Gasteiger partial charge in [-0.25, -0.2) is 0 Å². The van der Waals surface area contributed by atoms with E-state index < -0.39 is 0 Å². The van der Waals surface area contributed by atoms with Crippen molar-refractivity contribution in [2.24, 2.45) is 11.8 Å². The van der Waals surface area contributed by atoms with Crippen LogP contribution in [0, 0.1) is 11.8 Å². The van der Waals surface area contributed by atoms with Gasteiger partial charge in [-0.2, -0.15) is 0 Å². The fraction of sp³-hybridized carbons (Fsp3) is 1.00. The molecule has 0 N–H and O–H groups in total. The van der Waals surface area contributed by atoms with Gasteiger partial charge in [0, 0.05) is 0 Å². The van der Waals surface area contributed by atoms with E-state index in [1.54, 1.807) is 0 Å². The van der Waals surface area contributed by atoms with Crippen LogP contribution in [-0.4, -0.2) is 64.4 Å². The summed E-state index contributed by atoms with van der Waals surface area (Å²) in [5.41, 5.74) is 0. The van der Waals surface area contributed by atoms with Crippen molar-refractivity contribution in [2.45, 2.75) is 64.3 Å². The molecule has 24 heavy (non-hydrogen) atoms. The molecule has 2 heterocycles. The third-order valence-corrected chi connectivity index (χ3v) is 4.94. The minimum Gasteiger partial charge on any atom is -0.371 e. The Kier molecular flexibility index (Phi) is 7.31. The predicted octanol–water partition coefficient (Wildman–Crippen LogP) is 2.35. The van der Waals surface area contributed by atoms with Gasteiger partial charge in [-0.3, -0.25) is 0 Å². The average molecular weight is 344 g/mol. The van der Waals surface area contributed by atoms with Crippen molar-refractivity contribution >= 4 is 0 Å². The highest BCUT2D eigenvalue weighted by Crippen LogP contribution is 2.29. The van der Waals surface area contributed by atoms with Crippen molar-refractivity contribution in [2.75, 3.05) is 39.6 Å². The summed E-state index contributed by atoms with van der Waals surface area (Å²) in [6.07, 6.45) is 5.15. The van der Waals surface area contributed by atoms with Crippen molar-refractivity contribution < 1.29 is 28.4 Å². The molecule has 140 valence electrons. The SMILES string of the molecule is CC(OCC1CCC(COC(C)OC[C@H]2CO2)CC1)OCC1CO1. The van der Waals surface area contributed by atoms with E-state index in [0.717, 1.165) is 26.4 Å². The molecule has 3 fully saturated rings. The van der Waals surface area contributed by atoms with E-state index in [2.05, 4.69) is 0 Å². The Hall–Kier alpha value is -0.240. The van der Waals surface area contributed by atoms with E-state index in [0.29, 0.717) is 37.3 Å². The minimum absolute atomic E-state index is 0.135. The summed E-state index contributed by atoms with van der Waals surface area (Å²) in [4.78, 5) is 0. The van der Waals surface area contributed by atoms with Gasteiger partial charge in [0.15, 0.2) is 12.6 Å². The van der Waals surface area contributed by atoms with Gasteiger partial charge in [0.1, 0.15) is 12.2 Å². The Labute approximate surface area is 145 Å². The first-order chi connectivity index (χ1) is 11.7. The van der Waals surface area contributed by atoms with E-state index in [1.165, 1.54) is 25.7 Å². The summed E-state index contributed by atoms with van der Waals surface area (Å²) >= 11 is 0. The molecule has 6 nitrogen and oxygen atoms in total. The molecule has 3 aliphatic rings. The molecule has 3 unspecified atom stereocenters. The molecule has 6 heteroatoms. The van der Waals surface area contributed by atoms with Crippen LogP contribution in [0.1, 0.15) is 39.5 Å². The molecule has 2 aliphatic heterocycles. The maximum atomic E-state index is 5.81. The molecular weight excluding hydrogens is 312 g/mol. The maximum Gasteiger partial charge on any atom is 0.154 e. The molecule has 0 aromatic carbocycles. The van der Waals surface area contributed by atoms with Crippen LogP contribution in [0.25, 0.3) is 0 Å².